The van der Waals surface area contributed by atoms with E-state index in [2.05, 4.69) is 15.9 Å². The van der Waals surface area contributed by atoms with Gasteiger partial charge in [0.05, 0.1) is 13.2 Å². The molecule has 1 spiro atoms. The summed E-state index contributed by atoms with van der Waals surface area (Å²) in [5.74, 6) is -0.249. The van der Waals surface area contributed by atoms with Gasteiger partial charge >= 0.3 is 0 Å². The highest BCUT2D eigenvalue weighted by Crippen LogP contribution is 2.45. The lowest BCUT2D eigenvalue weighted by Gasteiger charge is -2.39. The van der Waals surface area contributed by atoms with Crippen LogP contribution in [0.4, 0.5) is 4.39 Å². The molecule has 0 amide bonds. The Bertz CT molecular complexity index is 414. The van der Waals surface area contributed by atoms with E-state index in [0.29, 0.717) is 24.0 Å². The van der Waals surface area contributed by atoms with Crippen LogP contribution in [0.2, 0.25) is 0 Å². The van der Waals surface area contributed by atoms with E-state index < -0.39 is 5.79 Å². The lowest BCUT2D eigenvalue weighted by Crippen LogP contribution is -2.39. The Morgan fingerprint density at radius 2 is 1.78 bits per heavy atom. The summed E-state index contributed by atoms with van der Waals surface area (Å²) >= 11 is 3.69. The molecule has 18 heavy (non-hydrogen) atoms. The Kier molecular flexibility index (Phi) is 3.43. The Morgan fingerprint density at radius 1 is 1.11 bits per heavy atom. The third kappa shape index (κ3) is 2.46. The number of ether oxygens (including phenoxy) is 2. The van der Waals surface area contributed by atoms with Crippen LogP contribution in [0.3, 0.4) is 0 Å². The molecule has 3 rings (SSSR count). The number of hydrogen-bond acceptors (Lipinski definition) is 2. The molecule has 1 aliphatic heterocycles. The number of hydrogen-bond donors (Lipinski definition) is 0. The minimum absolute atomic E-state index is 0.187. The normalized spacial score (nSPS) is 30.8. The molecule has 98 valence electrons. The number of rotatable bonds is 1. The summed E-state index contributed by atoms with van der Waals surface area (Å²) in [6.45, 7) is 1.35. The first-order valence-electron chi connectivity index (χ1n) is 6.34. The van der Waals surface area contributed by atoms with Gasteiger partial charge in [-0.25, -0.2) is 4.39 Å². The van der Waals surface area contributed by atoms with Crippen molar-refractivity contribution in [3.8, 4) is 0 Å². The zero-order valence-electron chi connectivity index (χ0n) is 10.1. The summed E-state index contributed by atoms with van der Waals surface area (Å²) in [7, 11) is 0. The van der Waals surface area contributed by atoms with Crippen LogP contribution in [-0.4, -0.2) is 23.8 Å². The van der Waals surface area contributed by atoms with Crippen LogP contribution in [0.15, 0.2) is 24.3 Å². The second kappa shape index (κ2) is 4.91. The van der Waals surface area contributed by atoms with Gasteiger partial charge in [0.15, 0.2) is 5.79 Å². The van der Waals surface area contributed by atoms with E-state index in [9.17, 15) is 4.39 Å². The van der Waals surface area contributed by atoms with Crippen molar-refractivity contribution in [3.63, 3.8) is 0 Å². The molecule has 1 heterocycles. The molecule has 1 aliphatic carbocycles. The van der Waals surface area contributed by atoms with Crippen LogP contribution in [-0.2, 0) is 9.47 Å². The highest BCUT2D eigenvalue weighted by atomic mass is 79.9. The van der Waals surface area contributed by atoms with Gasteiger partial charge in [-0.3, -0.25) is 0 Å². The molecule has 2 atom stereocenters. The number of benzene rings is 1. The third-order valence-electron chi connectivity index (χ3n) is 3.79. The molecule has 1 saturated heterocycles. The van der Waals surface area contributed by atoms with E-state index in [0.717, 1.165) is 19.3 Å². The van der Waals surface area contributed by atoms with Gasteiger partial charge in [0.1, 0.15) is 5.82 Å². The van der Waals surface area contributed by atoms with Crippen molar-refractivity contribution < 1.29 is 13.9 Å². The van der Waals surface area contributed by atoms with Gasteiger partial charge in [0, 0.05) is 17.7 Å². The summed E-state index contributed by atoms with van der Waals surface area (Å²) < 4.78 is 24.6. The zero-order chi connectivity index (χ0) is 12.6. The number of halogens is 2. The molecular weight excluding hydrogens is 299 g/mol. The molecular formula is C14H16BrFO2. The maximum Gasteiger partial charge on any atom is 0.170 e. The Balaban J connectivity index is 1.81. The molecule has 1 aromatic rings. The van der Waals surface area contributed by atoms with Crippen molar-refractivity contribution in [2.24, 2.45) is 0 Å². The topological polar surface area (TPSA) is 18.5 Å². The quantitative estimate of drug-likeness (QED) is 0.737. The van der Waals surface area contributed by atoms with Gasteiger partial charge in [0.2, 0.25) is 0 Å². The van der Waals surface area contributed by atoms with Crippen molar-refractivity contribution in [1.82, 2.24) is 0 Å². The summed E-state index contributed by atoms with van der Waals surface area (Å²) in [5, 5.41) is 0. The average Bonchev–Trinajstić information content (AvgIpc) is 2.77. The van der Waals surface area contributed by atoms with E-state index >= 15 is 0 Å². The molecule has 0 aromatic heterocycles. The van der Waals surface area contributed by atoms with Gasteiger partial charge in [-0.1, -0.05) is 28.1 Å². The van der Waals surface area contributed by atoms with Crippen LogP contribution >= 0.6 is 15.9 Å². The highest BCUT2D eigenvalue weighted by Gasteiger charge is 2.44. The fraction of sp³-hybridized carbons (Fsp3) is 0.571. The van der Waals surface area contributed by atoms with Crippen LogP contribution < -0.4 is 0 Å². The maximum atomic E-state index is 13.0. The van der Waals surface area contributed by atoms with Crippen LogP contribution in [0.1, 0.15) is 30.7 Å². The summed E-state index contributed by atoms with van der Waals surface area (Å²) in [6.07, 6.45) is 2.80. The fourth-order valence-electron chi connectivity index (χ4n) is 2.99. The minimum atomic E-state index is -0.425. The van der Waals surface area contributed by atoms with Crippen molar-refractivity contribution in [3.05, 3.63) is 35.6 Å². The lowest BCUT2D eigenvalue weighted by atomic mass is 9.80. The molecule has 0 radical (unpaired) electrons. The molecule has 2 aliphatic rings. The van der Waals surface area contributed by atoms with Gasteiger partial charge in [-0.2, -0.15) is 0 Å². The maximum absolute atomic E-state index is 13.0. The van der Waals surface area contributed by atoms with Crippen molar-refractivity contribution in [2.45, 2.75) is 35.8 Å². The first kappa shape index (κ1) is 12.6. The van der Waals surface area contributed by atoms with E-state index in [4.69, 9.17) is 9.47 Å². The monoisotopic (exact) mass is 314 g/mol. The van der Waals surface area contributed by atoms with E-state index in [-0.39, 0.29) is 5.82 Å². The van der Waals surface area contributed by atoms with E-state index in [1.807, 2.05) is 12.1 Å². The molecule has 2 fully saturated rings. The smallest absolute Gasteiger partial charge is 0.170 e. The summed E-state index contributed by atoms with van der Waals surface area (Å²) in [5.41, 5.74) is 1.17. The second-order valence-corrected chi connectivity index (χ2v) is 6.39. The van der Waals surface area contributed by atoms with Crippen molar-refractivity contribution in [1.29, 1.82) is 0 Å². The Labute approximate surface area is 115 Å². The first-order valence-corrected chi connectivity index (χ1v) is 7.26. The lowest BCUT2D eigenvalue weighted by molar-refractivity contribution is -0.178. The SMILES string of the molecule is Fc1ccc(C2CC(Br)CC3(C2)OCCO3)cc1. The molecule has 0 N–H and O–H groups in total. The fourth-order valence-corrected chi connectivity index (χ4v) is 3.94. The van der Waals surface area contributed by atoms with Crippen LogP contribution in [0.5, 0.6) is 0 Å². The van der Waals surface area contributed by atoms with Crippen LogP contribution in [0, 0.1) is 5.82 Å². The van der Waals surface area contributed by atoms with Gasteiger partial charge in [-0.05, 0) is 30.0 Å². The first-order chi connectivity index (χ1) is 8.67. The highest BCUT2D eigenvalue weighted by molar-refractivity contribution is 9.09. The average molecular weight is 315 g/mol. The molecule has 1 aromatic carbocycles. The minimum Gasteiger partial charge on any atom is -0.347 e. The summed E-state index contributed by atoms with van der Waals surface area (Å²) in [6, 6.07) is 6.79. The van der Waals surface area contributed by atoms with Crippen molar-refractivity contribution >= 4 is 15.9 Å². The molecule has 1 saturated carbocycles. The molecule has 2 nitrogen and oxygen atoms in total. The molecule has 4 heteroatoms. The standard InChI is InChI=1S/C14H16BrFO2/c15-12-7-11(10-1-3-13(16)4-2-10)8-14(9-12)17-5-6-18-14/h1-4,11-12H,5-9H2. The van der Waals surface area contributed by atoms with Crippen LogP contribution in [0.25, 0.3) is 0 Å². The van der Waals surface area contributed by atoms with Gasteiger partial charge in [0.25, 0.3) is 0 Å². The Hall–Kier alpha value is -0.450. The van der Waals surface area contributed by atoms with Gasteiger partial charge in [-0.15, -0.1) is 0 Å². The largest absolute Gasteiger partial charge is 0.347 e. The number of alkyl halides is 1. The zero-order valence-corrected chi connectivity index (χ0v) is 11.7. The van der Waals surface area contributed by atoms with Gasteiger partial charge < -0.3 is 9.47 Å². The molecule has 2 unspecified atom stereocenters. The summed E-state index contributed by atoms with van der Waals surface area (Å²) in [4.78, 5) is 0.388. The van der Waals surface area contributed by atoms with E-state index in [1.165, 1.54) is 17.7 Å². The van der Waals surface area contributed by atoms with E-state index in [1.54, 1.807) is 0 Å². The Morgan fingerprint density at radius 3 is 2.44 bits per heavy atom. The third-order valence-corrected chi connectivity index (χ3v) is 4.48. The predicted molar refractivity (Wildman–Crippen MR) is 70.3 cm³/mol. The molecule has 0 bridgehead atoms. The predicted octanol–water partition coefficient (Wildman–Crippen LogP) is 3.60. The van der Waals surface area contributed by atoms with Crippen molar-refractivity contribution in [2.75, 3.05) is 13.2 Å². The second-order valence-electron chi connectivity index (χ2n) is 5.10.